The second kappa shape index (κ2) is 9.68. The van der Waals surface area contributed by atoms with E-state index in [0.717, 1.165) is 29.5 Å². The molecule has 1 aliphatic heterocycles. The smallest absolute Gasteiger partial charge is 0.262 e. The fourth-order valence-corrected chi connectivity index (χ4v) is 5.53. The molecule has 8 heteroatoms. The van der Waals surface area contributed by atoms with E-state index in [9.17, 15) is 9.59 Å². The summed E-state index contributed by atoms with van der Waals surface area (Å²) in [6.45, 7) is 5.27. The molecule has 1 saturated heterocycles. The molecule has 4 aromatic rings. The average Bonchev–Trinajstić information content (AvgIpc) is 2.86. The molecule has 1 amide bonds. The van der Waals surface area contributed by atoms with Gasteiger partial charge in [0.1, 0.15) is 0 Å². The minimum absolute atomic E-state index is 0.0613. The van der Waals surface area contributed by atoms with Crippen molar-refractivity contribution in [2.45, 2.75) is 18.6 Å². The maximum absolute atomic E-state index is 13.2. The van der Waals surface area contributed by atoms with Gasteiger partial charge in [-0.05, 0) is 48.0 Å². The zero-order valence-corrected chi connectivity index (χ0v) is 20.5. The van der Waals surface area contributed by atoms with Crippen LogP contribution < -0.4 is 10.5 Å². The number of hydrogen-bond acceptors (Lipinski definition) is 5. The highest BCUT2D eigenvalue weighted by atomic mass is 35.5. The first-order valence-electron chi connectivity index (χ1n) is 11.4. The van der Waals surface area contributed by atoms with Crippen LogP contribution in [-0.2, 0) is 11.3 Å². The zero-order valence-electron chi connectivity index (χ0n) is 18.9. The third-order valence-electron chi connectivity index (χ3n) is 6.23. The Hall–Kier alpha value is -3.03. The molecule has 6 nitrogen and oxygen atoms in total. The molecule has 0 saturated carbocycles. The second-order valence-corrected chi connectivity index (χ2v) is 9.68. The molecule has 0 unspecified atom stereocenters. The minimum Gasteiger partial charge on any atom is -0.368 e. The van der Waals surface area contributed by atoms with Gasteiger partial charge in [0.05, 0.1) is 16.7 Å². The Morgan fingerprint density at radius 1 is 1.00 bits per heavy atom. The van der Waals surface area contributed by atoms with Crippen LogP contribution in [0.1, 0.15) is 6.92 Å². The topological polar surface area (TPSA) is 58.4 Å². The number of hydrogen-bond donors (Lipinski definition) is 0. The van der Waals surface area contributed by atoms with Crippen LogP contribution in [0.4, 0.5) is 5.69 Å². The largest absolute Gasteiger partial charge is 0.368 e. The van der Waals surface area contributed by atoms with Crippen molar-refractivity contribution in [2.75, 3.05) is 36.8 Å². The zero-order chi connectivity index (χ0) is 23.7. The Kier molecular flexibility index (Phi) is 6.48. The van der Waals surface area contributed by atoms with Gasteiger partial charge in [0.2, 0.25) is 5.91 Å². The van der Waals surface area contributed by atoms with E-state index in [1.807, 2.05) is 72.5 Å². The summed E-state index contributed by atoms with van der Waals surface area (Å²) < 4.78 is 1.66. The molecule has 0 atom stereocenters. The Balaban J connectivity index is 1.30. The number of thioether (sulfide) groups is 1. The van der Waals surface area contributed by atoms with Crippen LogP contribution in [0.25, 0.3) is 21.7 Å². The molecule has 2 heterocycles. The molecular formula is C26H25ClN4O2S. The average molecular weight is 493 g/mol. The summed E-state index contributed by atoms with van der Waals surface area (Å²) in [6.07, 6.45) is 0. The van der Waals surface area contributed by atoms with Crippen molar-refractivity contribution in [2.24, 2.45) is 0 Å². The third kappa shape index (κ3) is 4.50. The molecule has 0 aliphatic carbocycles. The molecular weight excluding hydrogens is 468 g/mol. The highest BCUT2D eigenvalue weighted by molar-refractivity contribution is 7.99. The normalized spacial score (nSPS) is 14.2. The number of nitrogens with zero attached hydrogens (tertiary/aromatic N) is 4. The lowest BCUT2D eigenvalue weighted by Crippen LogP contribution is -2.49. The van der Waals surface area contributed by atoms with Gasteiger partial charge in [-0.25, -0.2) is 4.98 Å². The highest BCUT2D eigenvalue weighted by Crippen LogP contribution is 2.24. The monoisotopic (exact) mass is 492 g/mol. The van der Waals surface area contributed by atoms with Gasteiger partial charge < -0.3 is 9.80 Å². The van der Waals surface area contributed by atoms with Crippen molar-refractivity contribution in [3.8, 4) is 0 Å². The van der Waals surface area contributed by atoms with E-state index in [-0.39, 0.29) is 17.2 Å². The van der Waals surface area contributed by atoms with Gasteiger partial charge in [-0.3, -0.25) is 14.2 Å². The van der Waals surface area contributed by atoms with Crippen LogP contribution in [-0.4, -0.2) is 52.3 Å². The predicted octanol–water partition coefficient (Wildman–Crippen LogP) is 4.66. The maximum atomic E-state index is 13.2. The summed E-state index contributed by atoms with van der Waals surface area (Å²) >= 11 is 7.46. The van der Waals surface area contributed by atoms with E-state index in [1.54, 1.807) is 4.57 Å². The first-order valence-corrected chi connectivity index (χ1v) is 12.7. The Bertz CT molecular complexity index is 1430. The number of aromatic nitrogens is 2. The van der Waals surface area contributed by atoms with E-state index in [1.165, 1.54) is 11.8 Å². The number of benzene rings is 3. The number of carbonyl (C=O) groups excluding carboxylic acids is 1. The number of carbonyl (C=O) groups is 1. The van der Waals surface area contributed by atoms with Crippen LogP contribution in [0, 0.1) is 0 Å². The van der Waals surface area contributed by atoms with Gasteiger partial charge in [0.25, 0.3) is 5.56 Å². The summed E-state index contributed by atoms with van der Waals surface area (Å²) in [5.41, 5.74) is 1.68. The molecule has 5 rings (SSSR count). The quantitative estimate of drug-likeness (QED) is 0.230. The van der Waals surface area contributed by atoms with E-state index in [2.05, 4.69) is 4.90 Å². The lowest BCUT2D eigenvalue weighted by atomic mass is 10.1. The van der Waals surface area contributed by atoms with Crippen LogP contribution >= 0.6 is 23.4 Å². The van der Waals surface area contributed by atoms with Crippen LogP contribution in [0.15, 0.2) is 70.6 Å². The van der Waals surface area contributed by atoms with Crippen molar-refractivity contribution >= 4 is 56.6 Å². The Labute approximate surface area is 207 Å². The number of fused-ring (bicyclic) bond motifs is 2. The number of amides is 1. The number of rotatable bonds is 5. The summed E-state index contributed by atoms with van der Waals surface area (Å²) in [7, 11) is 0. The van der Waals surface area contributed by atoms with E-state index in [4.69, 9.17) is 16.6 Å². The molecule has 0 bridgehead atoms. The summed E-state index contributed by atoms with van der Waals surface area (Å²) in [5.74, 6) is 0.314. The Morgan fingerprint density at radius 3 is 2.44 bits per heavy atom. The van der Waals surface area contributed by atoms with Gasteiger partial charge in [-0.2, -0.15) is 0 Å². The van der Waals surface area contributed by atoms with E-state index < -0.39 is 0 Å². The first-order chi connectivity index (χ1) is 16.5. The van der Waals surface area contributed by atoms with Crippen molar-refractivity contribution < 1.29 is 4.79 Å². The minimum atomic E-state index is -0.0664. The Morgan fingerprint density at radius 2 is 1.74 bits per heavy atom. The molecule has 0 spiro atoms. The highest BCUT2D eigenvalue weighted by Gasteiger charge is 2.22. The molecule has 1 fully saturated rings. The fourth-order valence-electron chi connectivity index (χ4n) is 4.38. The molecule has 0 N–H and O–H groups in total. The van der Waals surface area contributed by atoms with Gasteiger partial charge in [-0.1, -0.05) is 53.7 Å². The van der Waals surface area contributed by atoms with Crippen molar-refractivity contribution in [3.05, 3.63) is 76.0 Å². The van der Waals surface area contributed by atoms with Crippen molar-refractivity contribution in [3.63, 3.8) is 0 Å². The molecule has 34 heavy (non-hydrogen) atoms. The first kappa shape index (κ1) is 22.7. The van der Waals surface area contributed by atoms with E-state index in [0.29, 0.717) is 40.7 Å². The van der Waals surface area contributed by atoms with Crippen molar-refractivity contribution in [1.82, 2.24) is 14.5 Å². The van der Waals surface area contributed by atoms with Gasteiger partial charge in [-0.15, -0.1) is 0 Å². The number of anilines is 1. The van der Waals surface area contributed by atoms with Crippen LogP contribution in [0.5, 0.6) is 0 Å². The standard InChI is InChI=1S/C26H25ClN4O2S/c1-2-31-25(33)22-14-18-6-3-4-7-19(18)15-23(22)28-26(31)34-17-24(32)30-12-10-29(11-13-30)21-9-5-8-20(27)16-21/h3-9,14-16H,2,10-13,17H2,1H3. The second-order valence-electron chi connectivity index (χ2n) is 8.30. The summed E-state index contributed by atoms with van der Waals surface area (Å²) in [5, 5.41) is 3.96. The number of piperazine rings is 1. The molecule has 174 valence electrons. The van der Waals surface area contributed by atoms with Gasteiger partial charge in [0, 0.05) is 43.4 Å². The van der Waals surface area contributed by atoms with Crippen molar-refractivity contribution in [1.29, 1.82) is 0 Å². The van der Waals surface area contributed by atoms with Gasteiger partial charge >= 0.3 is 0 Å². The van der Waals surface area contributed by atoms with Crippen LogP contribution in [0.3, 0.4) is 0 Å². The SMILES string of the molecule is CCn1c(SCC(=O)N2CCN(c3cccc(Cl)c3)CC2)nc2cc3ccccc3cc2c1=O. The van der Waals surface area contributed by atoms with Gasteiger partial charge in [0.15, 0.2) is 5.16 Å². The lowest BCUT2D eigenvalue weighted by Gasteiger charge is -2.36. The molecule has 1 aliphatic rings. The molecule has 0 radical (unpaired) electrons. The lowest BCUT2D eigenvalue weighted by molar-refractivity contribution is -0.128. The third-order valence-corrected chi connectivity index (χ3v) is 7.43. The molecule has 1 aromatic heterocycles. The fraction of sp³-hybridized carbons (Fsp3) is 0.269. The maximum Gasteiger partial charge on any atom is 0.262 e. The predicted molar refractivity (Wildman–Crippen MR) is 140 cm³/mol. The van der Waals surface area contributed by atoms with Crippen LogP contribution in [0.2, 0.25) is 5.02 Å². The summed E-state index contributed by atoms with van der Waals surface area (Å²) in [6, 6.07) is 19.6. The van der Waals surface area contributed by atoms with E-state index >= 15 is 0 Å². The molecule has 3 aromatic carbocycles. The summed E-state index contributed by atoms with van der Waals surface area (Å²) in [4.78, 5) is 35.0. The number of halogens is 1.